The highest BCUT2D eigenvalue weighted by atomic mass is 19.4. The van der Waals surface area contributed by atoms with Gasteiger partial charge in [-0.1, -0.05) is 25.1 Å². The van der Waals surface area contributed by atoms with Crippen LogP contribution in [-0.4, -0.2) is 12.9 Å². The maximum atomic E-state index is 12.9. The highest BCUT2D eigenvalue weighted by molar-refractivity contribution is 6.02. The summed E-state index contributed by atoms with van der Waals surface area (Å²) in [4.78, 5) is 12.0. The number of alkyl halides is 3. The second-order valence-electron chi connectivity index (χ2n) is 4.76. The van der Waals surface area contributed by atoms with Gasteiger partial charge in [-0.2, -0.15) is 13.2 Å². The molecule has 0 aliphatic rings. The molecule has 0 aliphatic heterocycles. The molecule has 0 N–H and O–H groups in total. The van der Waals surface area contributed by atoms with Crippen molar-refractivity contribution in [3.05, 3.63) is 53.6 Å². The molecule has 0 bridgehead atoms. The Labute approximate surface area is 126 Å². The zero-order valence-electron chi connectivity index (χ0n) is 12.2. The van der Waals surface area contributed by atoms with Crippen molar-refractivity contribution in [1.82, 2.24) is 0 Å². The Bertz CT molecular complexity index is 673. The first-order valence-corrected chi connectivity index (χ1v) is 6.75. The standard InChI is InChI=1S/C17H15F3O2/c1-3-16(21)14-9-6-12(17(18,19)20)10-15(14)11-4-7-13(22-2)8-5-11/h4-10H,3H2,1-2H3. The summed E-state index contributed by atoms with van der Waals surface area (Å²) in [6.07, 6.45) is -4.22. The number of hydrogen-bond donors (Lipinski definition) is 0. The van der Waals surface area contributed by atoms with Crippen molar-refractivity contribution in [1.29, 1.82) is 0 Å². The molecule has 0 aromatic heterocycles. The lowest BCUT2D eigenvalue weighted by Crippen LogP contribution is -2.07. The summed E-state index contributed by atoms with van der Waals surface area (Å²) in [6.45, 7) is 1.68. The summed E-state index contributed by atoms with van der Waals surface area (Å²) in [5, 5.41) is 0. The fourth-order valence-corrected chi connectivity index (χ4v) is 2.16. The third-order valence-electron chi connectivity index (χ3n) is 3.37. The number of methoxy groups -OCH3 is 1. The number of ether oxygens (including phenoxy) is 1. The molecule has 0 saturated carbocycles. The Balaban J connectivity index is 2.60. The van der Waals surface area contributed by atoms with E-state index in [2.05, 4.69) is 0 Å². The first-order chi connectivity index (χ1) is 10.4. The molecule has 2 nitrogen and oxygen atoms in total. The van der Waals surface area contributed by atoms with Gasteiger partial charge in [-0.15, -0.1) is 0 Å². The minimum atomic E-state index is -4.45. The van der Waals surface area contributed by atoms with Crippen molar-refractivity contribution >= 4 is 5.78 Å². The van der Waals surface area contributed by atoms with E-state index in [1.165, 1.54) is 13.2 Å². The number of rotatable bonds is 4. The third-order valence-corrected chi connectivity index (χ3v) is 3.37. The van der Waals surface area contributed by atoms with Crippen LogP contribution in [0.4, 0.5) is 13.2 Å². The molecule has 0 fully saturated rings. The second kappa shape index (κ2) is 6.22. The molecule has 22 heavy (non-hydrogen) atoms. The van der Waals surface area contributed by atoms with E-state index in [1.54, 1.807) is 31.2 Å². The third kappa shape index (κ3) is 3.30. The van der Waals surface area contributed by atoms with Crippen LogP contribution >= 0.6 is 0 Å². The molecule has 0 atom stereocenters. The molecule has 2 aromatic rings. The summed E-state index contributed by atoms with van der Waals surface area (Å²) < 4.78 is 43.8. The van der Waals surface area contributed by atoms with Crippen LogP contribution in [-0.2, 0) is 6.18 Å². The van der Waals surface area contributed by atoms with Crippen LogP contribution < -0.4 is 4.74 Å². The van der Waals surface area contributed by atoms with Crippen molar-refractivity contribution in [2.75, 3.05) is 7.11 Å². The van der Waals surface area contributed by atoms with E-state index in [-0.39, 0.29) is 17.8 Å². The van der Waals surface area contributed by atoms with Crippen LogP contribution in [0.25, 0.3) is 11.1 Å². The Morgan fingerprint density at radius 2 is 1.73 bits per heavy atom. The van der Waals surface area contributed by atoms with Gasteiger partial charge in [-0.3, -0.25) is 4.79 Å². The van der Waals surface area contributed by atoms with E-state index < -0.39 is 11.7 Å². The van der Waals surface area contributed by atoms with Crippen LogP contribution in [0.5, 0.6) is 5.75 Å². The molecule has 0 spiro atoms. The van der Waals surface area contributed by atoms with Gasteiger partial charge in [-0.05, 0) is 35.4 Å². The van der Waals surface area contributed by atoms with Crippen molar-refractivity contribution < 1.29 is 22.7 Å². The van der Waals surface area contributed by atoms with Gasteiger partial charge in [0, 0.05) is 12.0 Å². The SMILES string of the molecule is CCC(=O)c1ccc(C(F)(F)F)cc1-c1ccc(OC)cc1. The predicted octanol–water partition coefficient (Wildman–Crippen LogP) is 4.97. The molecule has 0 saturated heterocycles. The van der Waals surface area contributed by atoms with E-state index in [1.807, 2.05) is 0 Å². The number of Topliss-reactive ketones (excluding diaryl/α,β-unsaturated/α-hetero) is 1. The Hall–Kier alpha value is -2.30. The number of benzene rings is 2. The molecular formula is C17H15F3O2. The average Bonchev–Trinajstić information content (AvgIpc) is 2.52. The number of carbonyl (C=O) groups excluding carboxylic acids is 1. The molecular weight excluding hydrogens is 293 g/mol. The molecule has 2 rings (SSSR count). The minimum absolute atomic E-state index is 0.195. The van der Waals surface area contributed by atoms with Crippen LogP contribution in [0.3, 0.4) is 0 Å². The fraction of sp³-hybridized carbons (Fsp3) is 0.235. The monoisotopic (exact) mass is 308 g/mol. The predicted molar refractivity (Wildman–Crippen MR) is 78.1 cm³/mol. The molecule has 2 aromatic carbocycles. The fourth-order valence-electron chi connectivity index (χ4n) is 2.16. The van der Waals surface area contributed by atoms with Gasteiger partial charge in [-0.25, -0.2) is 0 Å². The van der Waals surface area contributed by atoms with Gasteiger partial charge in [0.05, 0.1) is 12.7 Å². The lowest BCUT2D eigenvalue weighted by molar-refractivity contribution is -0.137. The van der Waals surface area contributed by atoms with Gasteiger partial charge < -0.3 is 4.74 Å². The maximum Gasteiger partial charge on any atom is 0.416 e. The number of carbonyl (C=O) groups is 1. The second-order valence-corrected chi connectivity index (χ2v) is 4.76. The van der Waals surface area contributed by atoms with E-state index in [9.17, 15) is 18.0 Å². The van der Waals surface area contributed by atoms with Gasteiger partial charge in [0.25, 0.3) is 0 Å². The maximum absolute atomic E-state index is 12.9. The van der Waals surface area contributed by atoms with E-state index in [0.29, 0.717) is 16.9 Å². The molecule has 116 valence electrons. The summed E-state index contributed by atoms with van der Waals surface area (Å²) in [7, 11) is 1.51. The van der Waals surface area contributed by atoms with E-state index in [0.717, 1.165) is 12.1 Å². The molecule has 0 aliphatic carbocycles. The molecule has 0 amide bonds. The zero-order valence-corrected chi connectivity index (χ0v) is 12.2. The zero-order chi connectivity index (χ0) is 16.3. The number of hydrogen-bond acceptors (Lipinski definition) is 2. The molecule has 0 unspecified atom stereocenters. The Morgan fingerprint density at radius 1 is 1.09 bits per heavy atom. The number of halogens is 3. The summed E-state index contributed by atoms with van der Waals surface area (Å²) in [6, 6.07) is 9.78. The van der Waals surface area contributed by atoms with Crippen molar-refractivity contribution in [3.63, 3.8) is 0 Å². The first kappa shape index (κ1) is 16.1. The van der Waals surface area contributed by atoms with Gasteiger partial charge >= 0.3 is 6.18 Å². The van der Waals surface area contributed by atoms with Crippen molar-refractivity contribution in [2.24, 2.45) is 0 Å². The summed E-state index contributed by atoms with van der Waals surface area (Å²) in [5.74, 6) is 0.402. The van der Waals surface area contributed by atoms with Crippen LogP contribution in [0, 0.1) is 0 Å². The van der Waals surface area contributed by atoms with Crippen LogP contribution in [0.2, 0.25) is 0 Å². The topological polar surface area (TPSA) is 26.3 Å². The first-order valence-electron chi connectivity index (χ1n) is 6.75. The van der Waals surface area contributed by atoms with Crippen LogP contribution in [0.15, 0.2) is 42.5 Å². The molecule has 0 heterocycles. The highest BCUT2D eigenvalue weighted by Gasteiger charge is 2.31. The lowest BCUT2D eigenvalue weighted by atomic mass is 9.94. The average molecular weight is 308 g/mol. The van der Waals surface area contributed by atoms with Gasteiger partial charge in [0.15, 0.2) is 5.78 Å². The van der Waals surface area contributed by atoms with Gasteiger partial charge in [0.2, 0.25) is 0 Å². The summed E-state index contributed by atoms with van der Waals surface area (Å²) >= 11 is 0. The smallest absolute Gasteiger partial charge is 0.416 e. The normalized spacial score (nSPS) is 11.3. The van der Waals surface area contributed by atoms with Crippen molar-refractivity contribution in [2.45, 2.75) is 19.5 Å². The Morgan fingerprint density at radius 3 is 2.23 bits per heavy atom. The molecule has 0 radical (unpaired) electrons. The Kier molecular flexibility index (Phi) is 4.54. The molecule has 5 heteroatoms. The quantitative estimate of drug-likeness (QED) is 0.745. The highest BCUT2D eigenvalue weighted by Crippen LogP contribution is 2.35. The van der Waals surface area contributed by atoms with Crippen LogP contribution in [0.1, 0.15) is 29.3 Å². The lowest BCUT2D eigenvalue weighted by Gasteiger charge is -2.13. The number of ketones is 1. The minimum Gasteiger partial charge on any atom is -0.497 e. The van der Waals surface area contributed by atoms with Gasteiger partial charge in [0.1, 0.15) is 5.75 Å². The van der Waals surface area contributed by atoms with E-state index >= 15 is 0 Å². The van der Waals surface area contributed by atoms with Crippen molar-refractivity contribution in [3.8, 4) is 16.9 Å². The largest absolute Gasteiger partial charge is 0.497 e. The summed E-state index contributed by atoms with van der Waals surface area (Å²) in [5.41, 5.74) is 0.347. The van der Waals surface area contributed by atoms with E-state index in [4.69, 9.17) is 4.74 Å².